The Morgan fingerprint density at radius 3 is 2.61 bits per heavy atom. The molecule has 1 amide bonds. The highest BCUT2D eigenvalue weighted by atomic mass is 16.5. The van der Waals surface area contributed by atoms with Gasteiger partial charge in [-0.1, -0.05) is 17.3 Å². The minimum atomic E-state index is -0.333. The molecule has 6 heteroatoms. The molecule has 2 aromatic heterocycles. The summed E-state index contributed by atoms with van der Waals surface area (Å²) >= 11 is 0. The number of anilines is 3. The van der Waals surface area contributed by atoms with Gasteiger partial charge in [-0.25, -0.2) is 4.98 Å². The molecule has 2 N–H and O–H groups in total. The van der Waals surface area contributed by atoms with Crippen molar-refractivity contribution in [3.63, 3.8) is 0 Å². The quantitative estimate of drug-likeness (QED) is 0.768. The molecular weight excluding hydrogens is 292 g/mol. The molecule has 0 aliphatic heterocycles. The van der Waals surface area contributed by atoms with Crippen LogP contribution in [0.5, 0.6) is 0 Å². The number of rotatable bonds is 4. The number of hydrogen-bond acceptors (Lipinski definition) is 5. The van der Waals surface area contributed by atoms with Gasteiger partial charge in [-0.05, 0) is 43.7 Å². The third-order valence-corrected chi connectivity index (χ3v) is 3.17. The van der Waals surface area contributed by atoms with E-state index in [0.717, 1.165) is 11.4 Å². The van der Waals surface area contributed by atoms with E-state index in [1.54, 1.807) is 31.3 Å². The second-order valence-electron chi connectivity index (χ2n) is 5.20. The zero-order chi connectivity index (χ0) is 16.2. The van der Waals surface area contributed by atoms with Crippen LogP contribution in [-0.2, 0) is 0 Å². The highest BCUT2D eigenvalue weighted by molar-refractivity contribution is 6.02. The fourth-order valence-corrected chi connectivity index (χ4v) is 2.10. The summed E-state index contributed by atoms with van der Waals surface area (Å²) in [6.45, 7) is 3.79. The maximum absolute atomic E-state index is 12.1. The number of pyridine rings is 1. The Balaban J connectivity index is 1.68. The first kappa shape index (κ1) is 14.8. The third kappa shape index (κ3) is 3.74. The number of hydrogen-bond donors (Lipinski definition) is 2. The summed E-state index contributed by atoms with van der Waals surface area (Å²) in [5, 5.41) is 9.59. The summed E-state index contributed by atoms with van der Waals surface area (Å²) in [6.07, 6.45) is 1.62. The smallest absolute Gasteiger partial charge is 0.275 e. The number of aromatic nitrogens is 2. The molecule has 0 aliphatic rings. The van der Waals surface area contributed by atoms with E-state index in [-0.39, 0.29) is 5.91 Å². The van der Waals surface area contributed by atoms with Gasteiger partial charge >= 0.3 is 0 Å². The molecule has 116 valence electrons. The average molecular weight is 308 g/mol. The largest absolute Gasteiger partial charge is 0.360 e. The number of carbonyl (C=O) groups excluding carboxylic acids is 1. The Bertz CT molecular complexity index is 825. The van der Waals surface area contributed by atoms with Gasteiger partial charge in [0.2, 0.25) is 0 Å². The second-order valence-corrected chi connectivity index (χ2v) is 5.20. The molecule has 2 heterocycles. The van der Waals surface area contributed by atoms with Crippen LogP contribution in [0.25, 0.3) is 0 Å². The van der Waals surface area contributed by atoms with E-state index in [1.807, 2.05) is 31.2 Å². The van der Waals surface area contributed by atoms with Crippen LogP contribution in [0, 0.1) is 13.8 Å². The van der Waals surface area contributed by atoms with Crippen molar-refractivity contribution < 1.29 is 9.32 Å². The Morgan fingerprint density at radius 1 is 1.09 bits per heavy atom. The lowest BCUT2D eigenvalue weighted by molar-refractivity contribution is 0.102. The van der Waals surface area contributed by atoms with Crippen LogP contribution in [0.3, 0.4) is 0 Å². The molecule has 0 unspecified atom stereocenters. The molecule has 0 fully saturated rings. The van der Waals surface area contributed by atoms with Crippen LogP contribution in [0.2, 0.25) is 0 Å². The van der Waals surface area contributed by atoms with Crippen LogP contribution in [0.15, 0.2) is 53.2 Å². The number of benzene rings is 1. The van der Waals surface area contributed by atoms with Gasteiger partial charge in [0, 0.05) is 11.8 Å². The van der Waals surface area contributed by atoms with Gasteiger partial charge in [-0.15, -0.1) is 0 Å². The second kappa shape index (κ2) is 6.31. The summed E-state index contributed by atoms with van der Waals surface area (Å²) in [5.74, 6) is 0.669. The maximum Gasteiger partial charge on any atom is 0.275 e. The average Bonchev–Trinajstić information content (AvgIpc) is 2.93. The van der Waals surface area contributed by atoms with E-state index >= 15 is 0 Å². The molecular formula is C17H16N4O2. The molecule has 0 bridgehead atoms. The normalized spacial score (nSPS) is 10.3. The minimum absolute atomic E-state index is 0.306. The van der Waals surface area contributed by atoms with Crippen molar-refractivity contribution in [2.45, 2.75) is 13.8 Å². The monoisotopic (exact) mass is 308 g/mol. The van der Waals surface area contributed by atoms with Gasteiger partial charge in [0.25, 0.3) is 5.91 Å². The van der Waals surface area contributed by atoms with Crippen LogP contribution in [0.4, 0.5) is 17.2 Å². The SMILES string of the molecule is Cc1cccc(Nc2ccc(C(=O)Nc3cc(C)on3)nc2)c1. The lowest BCUT2D eigenvalue weighted by Crippen LogP contribution is -2.13. The molecule has 0 aliphatic carbocycles. The standard InChI is InChI=1S/C17H16N4O2/c1-11-4-3-5-13(8-11)19-14-6-7-15(18-10-14)17(22)20-16-9-12(2)23-21-16/h3-10,19H,1-2H3,(H,20,21,22). The molecule has 1 aromatic carbocycles. The molecule has 0 spiro atoms. The minimum Gasteiger partial charge on any atom is -0.360 e. The third-order valence-electron chi connectivity index (χ3n) is 3.17. The predicted molar refractivity (Wildman–Crippen MR) is 87.9 cm³/mol. The van der Waals surface area contributed by atoms with Crippen molar-refractivity contribution in [3.8, 4) is 0 Å². The van der Waals surface area contributed by atoms with Gasteiger partial charge in [-0.3, -0.25) is 4.79 Å². The van der Waals surface area contributed by atoms with Crippen molar-refractivity contribution >= 4 is 23.1 Å². The highest BCUT2D eigenvalue weighted by Crippen LogP contribution is 2.17. The molecule has 0 radical (unpaired) electrons. The fraction of sp³-hybridized carbons (Fsp3) is 0.118. The van der Waals surface area contributed by atoms with E-state index < -0.39 is 0 Å². The van der Waals surface area contributed by atoms with Crippen molar-refractivity contribution in [3.05, 3.63) is 65.7 Å². The fourth-order valence-electron chi connectivity index (χ4n) is 2.10. The van der Waals surface area contributed by atoms with Gasteiger partial charge in [0.15, 0.2) is 5.82 Å². The summed E-state index contributed by atoms with van der Waals surface area (Å²) in [7, 11) is 0. The highest BCUT2D eigenvalue weighted by Gasteiger charge is 2.10. The van der Waals surface area contributed by atoms with Crippen LogP contribution < -0.4 is 10.6 Å². The lowest BCUT2D eigenvalue weighted by Gasteiger charge is -2.07. The van der Waals surface area contributed by atoms with Crippen LogP contribution in [-0.4, -0.2) is 16.0 Å². The van der Waals surface area contributed by atoms with Crippen molar-refractivity contribution in [1.82, 2.24) is 10.1 Å². The van der Waals surface area contributed by atoms with Gasteiger partial charge < -0.3 is 15.2 Å². The number of amides is 1. The molecule has 0 saturated carbocycles. The lowest BCUT2D eigenvalue weighted by atomic mass is 10.2. The zero-order valence-electron chi connectivity index (χ0n) is 12.8. The molecule has 0 saturated heterocycles. The maximum atomic E-state index is 12.1. The summed E-state index contributed by atoms with van der Waals surface area (Å²) in [6, 6.07) is 13.1. The van der Waals surface area contributed by atoms with Crippen molar-refractivity contribution in [1.29, 1.82) is 0 Å². The Kier molecular flexibility index (Phi) is 4.05. The number of aryl methyl sites for hydroxylation is 2. The van der Waals surface area contributed by atoms with Gasteiger partial charge in [-0.2, -0.15) is 0 Å². The predicted octanol–water partition coefficient (Wildman–Crippen LogP) is 3.68. The topological polar surface area (TPSA) is 80.0 Å². The summed E-state index contributed by atoms with van der Waals surface area (Å²) < 4.78 is 4.90. The summed E-state index contributed by atoms with van der Waals surface area (Å²) in [5.41, 5.74) is 3.26. The van der Waals surface area contributed by atoms with Crippen molar-refractivity contribution in [2.75, 3.05) is 10.6 Å². The van der Waals surface area contributed by atoms with E-state index in [2.05, 4.69) is 20.8 Å². The van der Waals surface area contributed by atoms with Gasteiger partial charge in [0.1, 0.15) is 11.5 Å². The van der Waals surface area contributed by atoms with Gasteiger partial charge in [0.05, 0.1) is 11.9 Å². The molecule has 0 atom stereocenters. The van der Waals surface area contributed by atoms with E-state index in [0.29, 0.717) is 17.3 Å². The first-order valence-electron chi connectivity index (χ1n) is 7.14. The molecule has 6 nitrogen and oxygen atoms in total. The van der Waals surface area contributed by atoms with Crippen molar-refractivity contribution in [2.24, 2.45) is 0 Å². The molecule has 23 heavy (non-hydrogen) atoms. The number of nitrogens with one attached hydrogen (secondary N) is 2. The first-order chi connectivity index (χ1) is 11.1. The number of carbonyl (C=O) groups is 1. The first-order valence-corrected chi connectivity index (χ1v) is 7.14. The van der Waals surface area contributed by atoms with Crippen LogP contribution in [0.1, 0.15) is 21.8 Å². The zero-order valence-corrected chi connectivity index (χ0v) is 12.8. The van der Waals surface area contributed by atoms with Crippen LogP contribution >= 0.6 is 0 Å². The Hall–Kier alpha value is -3.15. The number of nitrogens with zero attached hydrogens (tertiary/aromatic N) is 2. The molecule has 3 rings (SSSR count). The summed E-state index contributed by atoms with van der Waals surface area (Å²) in [4.78, 5) is 16.2. The van der Waals surface area contributed by atoms with E-state index in [1.165, 1.54) is 5.56 Å². The van der Waals surface area contributed by atoms with E-state index in [4.69, 9.17) is 4.52 Å². The van der Waals surface area contributed by atoms with E-state index in [9.17, 15) is 4.79 Å². The molecule has 3 aromatic rings. The Morgan fingerprint density at radius 2 is 1.96 bits per heavy atom. The Labute approximate surface area is 133 Å².